The molecule has 9 heteroatoms. The van der Waals surface area contributed by atoms with Crippen LogP contribution in [-0.2, 0) is 28.6 Å². The first kappa shape index (κ1) is 21.8. The van der Waals surface area contributed by atoms with E-state index in [1.54, 1.807) is 31.4 Å². The van der Waals surface area contributed by atoms with Gasteiger partial charge in [0.05, 0.1) is 11.7 Å². The van der Waals surface area contributed by atoms with Gasteiger partial charge in [-0.05, 0) is 12.8 Å². The van der Waals surface area contributed by atoms with Gasteiger partial charge >= 0.3 is 11.9 Å². The predicted molar refractivity (Wildman–Crippen MR) is 89.8 cm³/mol. The molecule has 0 aliphatic carbocycles. The Bertz CT molecular complexity index is 545. The molecule has 0 aromatic rings. The third-order valence-electron chi connectivity index (χ3n) is 3.62. The number of allylic oxidation sites excluding steroid dienone is 1. The summed E-state index contributed by atoms with van der Waals surface area (Å²) in [5, 5.41) is 18.3. The second kappa shape index (κ2) is 11.4. The summed E-state index contributed by atoms with van der Waals surface area (Å²) < 4.78 is 14.9. The molecule has 1 saturated heterocycles. The standard InChI is InChI=1S/C15H19NO7.C2H6O/c17-7-5-12(18)15(21)22-9-11-3-4-13(23-11)16-6-1-2-10(8-16)14(19)20;1-3-2/h1,6-8,11-13,18H,2-5,9H2,(H,19,20);1-2H3. The van der Waals surface area contributed by atoms with Gasteiger partial charge in [-0.2, -0.15) is 0 Å². The van der Waals surface area contributed by atoms with Crippen molar-refractivity contribution in [2.75, 3.05) is 20.8 Å². The van der Waals surface area contributed by atoms with Gasteiger partial charge in [-0.15, -0.1) is 0 Å². The first-order chi connectivity index (χ1) is 12.4. The maximum Gasteiger partial charge on any atom is 0.335 e. The van der Waals surface area contributed by atoms with Crippen molar-refractivity contribution in [1.29, 1.82) is 0 Å². The molecule has 9 nitrogen and oxygen atoms in total. The minimum Gasteiger partial charge on any atom is -0.478 e. The van der Waals surface area contributed by atoms with Crippen molar-refractivity contribution in [3.63, 3.8) is 0 Å². The fourth-order valence-corrected chi connectivity index (χ4v) is 2.39. The highest BCUT2D eigenvalue weighted by Crippen LogP contribution is 2.26. The smallest absolute Gasteiger partial charge is 0.335 e. The Hall–Kier alpha value is -2.23. The zero-order valence-corrected chi connectivity index (χ0v) is 14.9. The lowest BCUT2D eigenvalue weighted by molar-refractivity contribution is -0.159. The van der Waals surface area contributed by atoms with Gasteiger partial charge in [0.15, 0.2) is 6.10 Å². The summed E-state index contributed by atoms with van der Waals surface area (Å²) in [5.41, 5.74) is 0.281. The van der Waals surface area contributed by atoms with E-state index < -0.39 is 18.0 Å². The number of aliphatic carboxylic acids is 1. The number of methoxy groups -OCH3 is 1. The highest BCUT2D eigenvalue weighted by atomic mass is 16.6. The van der Waals surface area contributed by atoms with Crippen molar-refractivity contribution in [2.45, 2.75) is 44.1 Å². The predicted octanol–water partition coefficient (Wildman–Crippen LogP) is 0.435. The van der Waals surface area contributed by atoms with E-state index in [1.165, 1.54) is 6.20 Å². The third-order valence-corrected chi connectivity index (χ3v) is 3.62. The second-order valence-electron chi connectivity index (χ2n) is 5.74. The summed E-state index contributed by atoms with van der Waals surface area (Å²) in [5.74, 6) is -1.82. The summed E-state index contributed by atoms with van der Waals surface area (Å²) in [6.07, 6.45) is 4.77. The van der Waals surface area contributed by atoms with E-state index in [2.05, 4.69) is 4.74 Å². The first-order valence-corrected chi connectivity index (χ1v) is 8.14. The van der Waals surface area contributed by atoms with Gasteiger partial charge in [0.1, 0.15) is 19.1 Å². The lowest BCUT2D eigenvalue weighted by atomic mass is 10.1. The van der Waals surface area contributed by atoms with Crippen molar-refractivity contribution in [3.8, 4) is 0 Å². The molecule has 2 N–H and O–H groups in total. The molecule has 0 saturated carbocycles. The highest BCUT2D eigenvalue weighted by Gasteiger charge is 2.30. The average molecular weight is 371 g/mol. The van der Waals surface area contributed by atoms with Crippen LogP contribution < -0.4 is 0 Å². The van der Waals surface area contributed by atoms with Crippen LogP contribution in [0.4, 0.5) is 0 Å². The topological polar surface area (TPSA) is 123 Å². The van der Waals surface area contributed by atoms with Gasteiger partial charge in [-0.1, -0.05) is 6.08 Å². The molecular formula is C17H25NO8. The number of hydrogen-bond acceptors (Lipinski definition) is 8. The Morgan fingerprint density at radius 2 is 2.12 bits per heavy atom. The van der Waals surface area contributed by atoms with Gasteiger partial charge in [0, 0.05) is 39.5 Å². The Kier molecular flexibility index (Phi) is 9.56. The van der Waals surface area contributed by atoms with E-state index in [4.69, 9.17) is 14.6 Å². The van der Waals surface area contributed by atoms with E-state index in [1.807, 2.05) is 0 Å². The van der Waals surface area contributed by atoms with Crippen LogP contribution in [0.5, 0.6) is 0 Å². The zero-order valence-electron chi connectivity index (χ0n) is 14.9. The molecule has 0 aromatic carbocycles. The van der Waals surface area contributed by atoms with E-state index in [0.717, 1.165) is 0 Å². The number of aliphatic hydroxyl groups is 1. The van der Waals surface area contributed by atoms with Gasteiger partial charge in [-0.3, -0.25) is 0 Å². The number of rotatable bonds is 7. The molecule has 0 aromatic heterocycles. The van der Waals surface area contributed by atoms with Crippen molar-refractivity contribution < 1.29 is 38.8 Å². The van der Waals surface area contributed by atoms with Gasteiger partial charge < -0.3 is 34.1 Å². The van der Waals surface area contributed by atoms with Crippen LogP contribution in [0, 0.1) is 0 Å². The quantitative estimate of drug-likeness (QED) is 0.484. The van der Waals surface area contributed by atoms with Gasteiger partial charge in [0.2, 0.25) is 0 Å². The van der Waals surface area contributed by atoms with E-state index in [0.29, 0.717) is 25.5 Å². The highest BCUT2D eigenvalue weighted by molar-refractivity contribution is 5.87. The van der Waals surface area contributed by atoms with E-state index >= 15 is 0 Å². The van der Waals surface area contributed by atoms with Crippen LogP contribution in [0.2, 0.25) is 0 Å². The summed E-state index contributed by atoms with van der Waals surface area (Å²) >= 11 is 0. The van der Waals surface area contributed by atoms with Gasteiger partial charge in [-0.25, -0.2) is 9.59 Å². The van der Waals surface area contributed by atoms with Crippen LogP contribution in [0.25, 0.3) is 0 Å². The molecule has 1 fully saturated rings. The van der Waals surface area contributed by atoms with Crippen molar-refractivity contribution in [2.24, 2.45) is 0 Å². The SMILES string of the molecule is COC.O=CCC(O)C(=O)OCC1CCC(N2C=CCC(C(=O)O)=C2)O1. The molecule has 2 heterocycles. The molecule has 3 unspecified atom stereocenters. The largest absolute Gasteiger partial charge is 0.478 e. The molecule has 26 heavy (non-hydrogen) atoms. The molecule has 0 bridgehead atoms. The summed E-state index contributed by atoms with van der Waals surface area (Å²) in [6.45, 7) is -0.0156. The number of ether oxygens (including phenoxy) is 3. The number of aliphatic hydroxyl groups excluding tert-OH is 1. The Balaban J connectivity index is 0.00000105. The number of hydrogen-bond donors (Lipinski definition) is 2. The molecule has 0 radical (unpaired) electrons. The zero-order chi connectivity index (χ0) is 19.5. The number of nitrogens with zero attached hydrogens (tertiary/aromatic N) is 1. The Morgan fingerprint density at radius 3 is 2.73 bits per heavy atom. The maximum atomic E-state index is 11.4. The molecule has 2 aliphatic heterocycles. The average Bonchev–Trinajstić information content (AvgIpc) is 3.09. The normalized spacial score (nSPS) is 22.7. The Labute approximate surface area is 151 Å². The number of carbonyl (C=O) groups excluding carboxylic acids is 2. The lowest BCUT2D eigenvalue weighted by Crippen LogP contribution is -2.31. The molecule has 0 spiro atoms. The first-order valence-electron chi connectivity index (χ1n) is 8.14. The number of carboxylic acid groups (broad SMARTS) is 1. The molecule has 0 amide bonds. The number of carbonyl (C=O) groups is 3. The molecule has 3 atom stereocenters. The van der Waals surface area contributed by atoms with Crippen molar-refractivity contribution in [1.82, 2.24) is 4.90 Å². The summed E-state index contributed by atoms with van der Waals surface area (Å²) in [7, 11) is 3.25. The Morgan fingerprint density at radius 1 is 1.42 bits per heavy atom. The fourth-order valence-electron chi connectivity index (χ4n) is 2.39. The van der Waals surface area contributed by atoms with E-state index in [-0.39, 0.29) is 30.9 Å². The second-order valence-corrected chi connectivity index (χ2v) is 5.74. The molecule has 2 rings (SSSR count). The number of esters is 1. The third kappa shape index (κ3) is 6.95. The van der Waals surface area contributed by atoms with Crippen LogP contribution in [0.15, 0.2) is 24.0 Å². The fraction of sp³-hybridized carbons (Fsp3) is 0.588. The van der Waals surface area contributed by atoms with Gasteiger partial charge in [0.25, 0.3) is 0 Å². The van der Waals surface area contributed by atoms with Crippen LogP contribution in [0.1, 0.15) is 25.7 Å². The maximum absolute atomic E-state index is 11.4. The summed E-state index contributed by atoms with van der Waals surface area (Å²) in [4.78, 5) is 34.3. The summed E-state index contributed by atoms with van der Waals surface area (Å²) in [6, 6.07) is 0. The minimum atomic E-state index is -1.45. The van der Waals surface area contributed by atoms with Crippen molar-refractivity contribution in [3.05, 3.63) is 24.0 Å². The molecular weight excluding hydrogens is 346 g/mol. The molecule has 146 valence electrons. The van der Waals surface area contributed by atoms with Crippen LogP contribution >= 0.6 is 0 Å². The number of carboxylic acids is 1. The van der Waals surface area contributed by atoms with E-state index in [9.17, 15) is 19.5 Å². The van der Waals surface area contributed by atoms with Crippen molar-refractivity contribution >= 4 is 18.2 Å². The number of aldehydes is 1. The molecule has 2 aliphatic rings. The van der Waals surface area contributed by atoms with Crippen LogP contribution in [-0.4, -0.2) is 72.6 Å². The monoisotopic (exact) mass is 371 g/mol. The van der Waals surface area contributed by atoms with Crippen LogP contribution in [0.3, 0.4) is 0 Å². The lowest BCUT2D eigenvalue weighted by Gasteiger charge is -2.26. The minimum absolute atomic E-state index is 0.0156.